The Morgan fingerprint density at radius 3 is 2.06 bits per heavy atom. The summed E-state index contributed by atoms with van der Waals surface area (Å²) in [7, 11) is 0. The van der Waals surface area contributed by atoms with Crippen LogP contribution in [-0.4, -0.2) is 23.6 Å². The van der Waals surface area contributed by atoms with Gasteiger partial charge >= 0.3 is 0 Å². The Hall–Kier alpha value is -1.59. The van der Waals surface area contributed by atoms with Crippen LogP contribution in [0.5, 0.6) is 0 Å². The molecule has 0 spiro atoms. The maximum Gasteiger partial charge on any atom is 0.202 e. The lowest BCUT2D eigenvalue weighted by Crippen LogP contribution is -2.40. The van der Waals surface area contributed by atoms with Gasteiger partial charge in [-0.3, -0.25) is 15.0 Å². The Balaban J connectivity index is 2.73. The van der Waals surface area contributed by atoms with Crippen molar-refractivity contribution in [2.75, 3.05) is 0 Å². The van der Waals surface area contributed by atoms with Gasteiger partial charge in [-0.2, -0.15) is 10.2 Å². The van der Waals surface area contributed by atoms with Gasteiger partial charge in [0.1, 0.15) is 5.78 Å². The Kier molecular flexibility index (Phi) is 3.18. The molecule has 6 nitrogen and oxygen atoms in total. The number of carbonyl (C=O) groups is 2. The summed E-state index contributed by atoms with van der Waals surface area (Å²) >= 11 is 0. The molecule has 0 saturated carbocycles. The van der Waals surface area contributed by atoms with Gasteiger partial charge in [-0.25, -0.2) is 0 Å². The second kappa shape index (κ2) is 4.01. The van der Waals surface area contributed by atoms with Crippen molar-refractivity contribution in [1.82, 2.24) is 0 Å². The van der Waals surface area contributed by atoms with Crippen molar-refractivity contribution in [3.63, 3.8) is 0 Å². The molecule has 94 valence electrons. The Labute approximate surface area is 100 Å². The summed E-state index contributed by atoms with van der Waals surface area (Å²) in [5.74, 6) is -1.11. The maximum atomic E-state index is 12.1. The van der Waals surface area contributed by atoms with Crippen LogP contribution >= 0.6 is 0 Å². The molecular formula is C11H18N4O2. The van der Waals surface area contributed by atoms with Gasteiger partial charge in [0.2, 0.25) is 5.78 Å². The summed E-state index contributed by atoms with van der Waals surface area (Å²) in [6.07, 6.45) is -0.252. The van der Waals surface area contributed by atoms with Gasteiger partial charge in [-0.05, 0) is 13.8 Å². The lowest BCUT2D eigenvalue weighted by atomic mass is 9.75. The van der Waals surface area contributed by atoms with Crippen LogP contribution in [0, 0.1) is 16.2 Å². The first kappa shape index (κ1) is 13.5. The number of nitrogens with zero attached hydrogens (tertiary/aromatic N) is 2. The highest BCUT2D eigenvalue weighted by atomic mass is 16.1. The van der Waals surface area contributed by atoms with Crippen LogP contribution in [0.25, 0.3) is 0 Å². The fourth-order valence-corrected chi connectivity index (χ4v) is 1.54. The van der Waals surface area contributed by atoms with Crippen LogP contribution in [0.3, 0.4) is 0 Å². The van der Waals surface area contributed by atoms with Gasteiger partial charge in [0.15, 0.2) is 12.0 Å². The summed E-state index contributed by atoms with van der Waals surface area (Å²) in [5, 5.41) is 14.6. The minimum absolute atomic E-state index is 0.0416. The van der Waals surface area contributed by atoms with E-state index in [0.29, 0.717) is 0 Å². The molecule has 0 aromatic carbocycles. The van der Waals surface area contributed by atoms with E-state index in [1.165, 1.54) is 0 Å². The van der Waals surface area contributed by atoms with E-state index < -0.39 is 22.4 Å². The summed E-state index contributed by atoms with van der Waals surface area (Å²) < 4.78 is 0. The van der Waals surface area contributed by atoms with Crippen LogP contribution < -0.4 is 5.73 Å². The van der Waals surface area contributed by atoms with Crippen molar-refractivity contribution in [1.29, 1.82) is 5.41 Å². The van der Waals surface area contributed by atoms with Gasteiger partial charge in [0.25, 0.3) is 0 Å². The normalized spacial score (nSPS) is 15.8. The van der Waals surface area contributed by atoms with Crippen molar-refractivity contribution >= 4 is 17.4 Å². The van der Waals surface area contributed by atoms with Crippen molar-refractivity contribution in [2.45, 2.75) is 40.3 Å². The lowest BCUT2D eigenvalue weighted by Gasteiger charge is -2.27. The van der Waals surface area contributed by atoms with E-state index in [0.717, 1.165) is 0 Å². The predicted molar refractivity (Wildman–Crippen MR) is 62.8 cm³/mol. The first-order valence-electron chi connectivity index (χ1n) is 5.41. The first-order chi connectivity index (χ1) is 7.59. The van der Waals surface area contributed by atoms with E-state index in [1.807, 2.05) is 0 Å². The Morgan fingerprint density at radius 1 is 1.24 bits per heavy atom. The van der Waals surface area contributed by atoms with Gasteiger partial charge in [0, 0.05) is 11.8 Å². The number of hydrogen-bond donors (Lipinski definition) is 2. The third-order valence-corrected chi connectivity index (χ3v) is 3.06. The van der Waals surface area contributed by atoms with Gasteiger partial charge < -0.3 is 5.73 Å². The number of rotatable bonds is 6. The zero-order chi connectivity index (χ0) is 13.4. The van der Waals surface area contributed by atoms with E-state index in [-0.39, 0.29) is 18.4 Å². The number of nitrogens with one attached hydrogen (secondary N) is 1. The highest BCUT2D eigenvalue weighted by Crippen LogP contribution is 2.37. The Morgan fingerprint density at radius 2 is 1.71 bits per heavy atom. The summed E-state index contributed by atoms with van der Waals surface area (Å²) in [5.41, 5.74) is 3.53. The number of nitrogens with two attached hydrogens (primary N) is 1. The standard InChI is InChI=1S/C11H18N4O2/c1-10(2,7(17)8(12)13)5-6(16)11(3,4)9-14-15-9/h9H,5H2,1-4H3,(H3,12,13). The molecule has 1 aliphatic heterocycles. The second-order valence-corrected chi connectivity index (χ2v) is 5.55. The van der Waals surface area contributed by atoms with Crippen LogP contribution in [0.4, 0.5) is 0 Å². The predicted octanol–water partition coefficient (Wildman–Crippen LogP) is 1.29. The van der Waals surface area contributed by atoms with Crippen LogP contribution in [-0.2, 0) is 9.59 Å². The molecule has 1 aliphatic rings. The summed E-state index contributed by atoms with van der Waals surface area (Å²) in [4.78, 5) is 23.8. The van der Waals surface area contributed by atoms with E-state index in [4.69, 9.17) is 11.1 Å². The molecule has 0 bridgehead atoms. The number of ketones is 2. The van der Waals surface area contributed by atoms with Gasteiger partial charge in [-0.1, -0.05) is 13.8 Å². The number of amidine groups is 1. The van der Waals surface area contributed by atoms with Crippen LogP contribution in [0.2, 0.25) is 0 Å². The van der Waals surface area contributed by atoms with Crippen molar-refractivity contribution in [3.05, 3.63) is 0 Å². The quantitative estimate of drug-likeness (QED) is 0.537. The smallest absolute Gasteiger partial charge is 0.202 e. The molecule has 0 aromatic heterocycles. The van der Waals surface area contributed by atoms with Gasteiger partial charge in [0.05, 0.1) is 5.41 Å². The maximum absolute atomic E-state index is 12.1. The van der Waals surface area contributed by atoms with Crippen LogP contribution in [0.1, 0.15) is 34.1 Å². The topological polar surface area (TPSA) is 109 Å². The number of carbonyl (C=O) groups excluding carboxylic acids is 2. The molecule has 0 fully saturated rings. The highest BCUT2D eigenvalue weighted by Gasteiger charge is 2.45. The monoisotopic (exact) mass is 238 g/mol. The highest BCUT2D eigenvalue weighted by molar-refractivity contribution is 6.39. The zero-order valence-electron chi connectivity index (χ0n) is 10.6. The number of Topliss-reactive ketones (excluding diaryl/α,β-unsaturated/α-hetero) is 2. The van der Waals surface area contributed by atoms with E-state index >= 15 is 0 Å². The zero-order valence-corrected chi connectivity index (χ0v) is 10.6. The molecule has 17 heavy (non-hydrogen) atoms. The van der Waals surface area contributed by atoms with Crippen molar-refractivity contribution < 1.29 is 9.59 Å². The molecule has 3 N–H and O–H groups in total. The summed E-state index contributed by atoms with van der Waals surface area (Å²) in [6, 6.07) is 0. The minimum atomic E-state index is -0.949. The average molecular weight is 238 g/mol. The van der Waals surface area contributed by atoms with E-state index in [1.54, 1.807) is 27.7 Å². The van der Waals surface area contributed by atoms with E-state index in [2.05, 4.69) is 10.2 Å². The third-order valence-electron chi connectivity index (χ3n) is 3.06. The molecule has 0 amide bonds. The molecule has 0 radical (unpaired) electrons. The molecule has 0 atom stereocenters. The molecular weight excluding hydrogens is 220 g/mol. The molecule has 0 aromatic rings. The van der Waals surface area contributed by atoms with Gasteiger partial charge in [-0.15, -0.1) is 0 Å². The molecule has 0 aliphatic carbocycles. The second-order valence-electron chi connectivity index (χ2n) is 5.55. The fraction of sp³-hybridized carbons (Fsp3) is 0.727. The molecule has 0 saturated heterocycles. The molecule has 6 heteroatoms. The third kappa shape index (κ3) is 2.75. The lowest BCUT2D eigenvalue weighted by molar-refractivity contribution is -0.133. The largest absolute Gasteiger partial charge is 0.381 e. The fourth-order valence-electron chi connectivity index (χ4n) is 1.54. The van der Waals surface area contributed by atoms with Crippen molar-refractivity contribution in [2.24, 2.45) is 26.8 Å². The van der Waals surface area contributed by atoms with Crippen LogP contribution in [0.15, 0.2) is 10.2 Å². The first-order valence-corrected chi connectivity index (χ1v) is 5.41. The summed E-state index contributed by atoms with van der Waals surface area (Å²) in [6.45, 7) is 6.75. The van der Waals surface area contributed by atoms with E-state index in [9.17, 15) is 9.59 Å². The average Bonchev–Trinajstić information content (AvgIpc) is 2.98. The minimum Gasteiger partial charge on any atom is -0.381 e. The number of hydrogen-bond acceptors (Lipinski definition) is 5. The molecule has 1 heterocycles. The van der Waals surface area contributed by atoms with Crippen molar-refractivity contribution in [3.8, 4) is 0 Å². The Bertz CT molecular complexity index is 404. The molecule has 0 unspecified atom stereocenters. The SMILES string of the molecule is CC(C)(CC(=O)C(C)(C)C1N=N1)C(=O)C(=N)N. The molecule has 1 rings (SSSR count).